The van der Waals surface area contributed by atoms with Gasteiger partial charge in [0.25, 0.3) is 0 Å². The number of hydrogen-bond donors (Lipinski definition) is 2. The average molecular weight is 254 g/mol. The number of thioether (sulfide) groups is 1. The number of nitrogens with zero attached hydrogens (tertiary/aromatic N) is 4. The first-order chi connectivity index (χ1) is 8.22. The Morgan fingerprint density at radius 3 is 2.59 bits per heavy atom. The van der Waals surface area contributed by atoms with E-state index in [1.54, 1.807) is 0 Å². The molecule has 0 saturated carbocycles. The Labute approximate surface area is 106 Å². The molecule has 1 aromatic rings. The van der Waals surface area contributed by atoms with E-state index in [0.29, 0.717) is 5.82 Å². The zero-order valence-electron chi connectivity index (χ0n) is 10.2. The largest absolute Gasteiger partial charge is 0.354 e. The highest BCUT2D eigenvalue weighted by Crippen LogP contribution is 2.20. The Bertz CT molecular complexity index is 355. The van der Waals surface area contributed by atoms with Crippen molar-refractivity contribution in [2.75, 3.05) is 49.8 Å². The van der Waals surface area contributed by atoms with Crippen molar-refractivity contribution in [3.8, 4) is 0 Å². The first-order valence-corrected chi connectivity index (χ1v) is 6.78. The van der Waals surface area contributed by atoms with Gasteiger partial charge in [-0.05, 0) is 13.3 Å². The lowest BCUT2D eigenvalue weighted by molar-refractivity contribution is 0.312. The van der Waals surface area contributed by atoms with Crippen LogP contribution in [0.1, 0.15) is 0 Å². The van der Waals surface area contributed by atoms with E-state index in [0.717, 1.165) is 37.2 Å². The first-order valence-electron chi connectivity index (χ1n) is 5.56. The minimum absolute atomic E-state index is 0.665. The molecule has 1 aliphatic rings. The van der Waals surface area contributed by atoms with Crippen LogP contribution in [0.5, 0.6) is 0 Å². The zero-order valence-corrected chi connectivity index (χ0v) is 11.0. The third kappa shape index (κ3) is 2.99. The van der Waals surface area contributed by atoms with Crippen LogP contribution in [-0.2, 0) is 0 Å². The van der Waals surface area contributed by atoms with E-state index < -0.39 is 0 Å². The van der Waals surface area contributed by atoms with Gasteiger partial charge in [0.2, 0.25) is 0 Å². The summed E-state index contributed by atoms with van der Waals surface area (Å²) >= 11 is 1.52. The second kappa shape index (κ2) is 5.52. The van der Waals surface area contributed by atoms with Crippen LogP contribution in [0.25, 0.3) is 0 Å². The van der Waals surface area contributed by atoms with Gasteiger partial charge in [-0.25, -0.2) is 15.8 Å². The fraction of sp³-hybridized carbons (Fsp3) is 0.600. The number of nitrogens with two attached hydrogens (primary N) is 1. The summed E-state index contributed by atoms with van der Waals surface area (Å²) in [6.07, 6.45) is 1.96. The second-order valence-corrected chi connectivity index (χ2v) is 4.81. The predicted octanol–water partition coefficient (Wildman–Crippen LogP) is 0.236. The van der Waals surface area contributed by atoms with E-state index in [-0.39, 0.29) is 0 Å². The fourth-order valence-electron chi connectivity index (χ4n) is 1.78. The molecular formula is C10H18N6S. The van der Waals surface area contributed by atoms with Gasteiger partial charge in [0.1, 0.15) is 11.6 Å². The molecule has 2 heterocycles. The van der Waals surface area contributed by atoms with Gasteiger partial charge in [0.05, 0.1) is 0 Å². The van der Waals surface area contributed by atoms with Crippen LogP contribution in [-0.4, -0.2) is 54.4 Å². The Hall–Kier alpha value is -1.05. The Balaban J connectivity index is 2.19. The summed E-state index contributed by atoms with van der Waals surface area (Å²) in [6.45, 7) is 4.10. The van der Waals surface area contributed by atoms with E-state index in [1.807, 2.05) is 12.3 Å². The molecule has 7 heteroatoms. The molecule has 0 bridgehead atoms. The number of aromatic nitrogens is 2. The summed E-state index contributed by atoms with van der Waals surface area (Å²) in [6, 6.07) is 1.89. The van der Waals surface area contributed by atoms with Crippen molar-refractivity contribution in [2.24, 2.45) is 5.84 Å². The highest BCUT2D eigenvalue weighted by atomic mass is 32.2. The maximum atomic E-state index is 5.42. The summed E-state index contributed by atoms with van der Waals surface area (Å²) in [5.74, 6) is 7.03. The quantitative estimate of drug-likeness (QED) is 0.346. The summed E-state index contributed by atoms with van der Waals surface area (Å²) in [7, 11) is 2.14. The standard InChI is InChI=1S/C10H18N6S/c1-15-3-5-16(6-4-15)9-7-8(14-11)12-10(13-9)17-2/h7H,3-6,11H2,1-2H3,(H,12,13,14). The summed E-state index contributed by atoms with van der Waals surface area (Å²) in [4.78, 5) is 13.4. The molecule has 1 saturated heterocycles. The highest BCUT2D eigenvalue weighted by molar-refractivity contribution is 7.98. The van der Waals surface area contributed by atoms with Crippen molar-refractivity contribution < 1.29 is 0 Å². The number of rotatable bonds is 3. The van der Waals surface area contributed by atoms with Crippen LogP contribution < -0.4 is 16.2 Å². The fourth-order valence-corrected chi connectivity index (χ4v) is 2.15. The van der Waals surface area contributed by atoms with Crippen molar-refractivity contribution in [1.29, 1.82) is 0 Å². The Morgan fingerprint density at radius 1 is 1.29 bits per heavy atom. The maximum absolute atomic E-state index is 5.42. The van der Waals surface area contributed by atoms with Crippen molar-refractivity contribution in [3.05, 3.63) is 6.07 Å². The normalized spacial score (nSPS) is 17.2. The van der Waals surface area contributed by atoms with Crippen molar-refractivity contribution in [2.45, 2.75) is 5.16 Å². The number of nitrogens with one attached hydrogen (secondary N) is 1. The third-order valence-corrected chi connectivity index (χ3v) is 3.40. The smallest absolute Gasteiger partial charge is 0.191 e. The number of anilines is 2. The van der Waals surface area contributed by atoms with Crippen LogP contribution >= 0.6 is 11.8 Å². The molecule has 94 valence electrons. The molecule has 1 fully saturated rings. The number of likely N-dealkylation sites (N-methyl/N-ethyl adjacent to an activating group) is 1. The number of nitrogen functional groups attached to an aromatic ring is 1. The summed E-state index contributed by atoms with van der Waals surface area (Å²) < 4.78 is 0. The highest BCUT2D eigenvalue weighted by Gasteiger charge is 2.16. The van der Waals surface area contributed by atoms with Crippen LogP contribution in [0, 0.1) is 0 Å². The first kappa shape index (κ1) is 12.4. The molecule has 0 aliphatic carbocycles. The Morgan fingerprint density at radius 2 is 2.00 bits per heavy atom. The van der Waals surface area contributed by atoms with E-state index in [9.17, 15) is 0 Å². The number of hydrazine groups is 1. The van der Waals surface area contributed by atoms with E-state index in [4.69, 9.17) is 5.84 Å². The molecule has 2 rings (SSSR count). The minimum atomic E-state index is 0.665. The Kier molecular flexibility index (Phi) is 4.03. The number of hydrogen-bond acceptors (Lipinski definition) is 7. The van der Waals surface area contributed by atoms with Gasteiger partial charge in [0, 0.05) is 32.2 Å². The summed E-state index contributed by atoms with van der Waals surface area (Å²) in [5, 5.41) is 0.745. The molecule has 0 unspecified atom stereocenters. The lowest BCUT2D eigenvalue weighted by Crippen LogP contribution is -2.44. The van der Waals surface area contributed by atoms with Crippen LogP contribution in [0.15, 0.2) is 11.2 Å². The van der Waals surface area contributed by atoms with Gasteiger partial charge in [-0.2, -0.15) is 0 Å². The van der Waals surface area contributed by atoms with Crippen molar-refractivity contribution >= 4 is 23.4 Å². The third-order valence-electron chi connectivity index (χ3n) is 2.85. The molecule has 0 amide bonds. The minimum Gasteiger partial charge on any atom is -0.354 e. The zero-order chi connectivity index (χ0) is 12.3. The van der Waals surface area contributed by atoms with Gasteiger partial charge in [0.15, 0.2) is 5.16 Å². The number of piperazine rings is 1. The van der Waals surface area contributed by atoms with Gasteiger partial charge in [-0.15, -0.1) is 0 Å². The van der Waals surface area contributed by atoms with Crippen molar-refractivity contribution in [3.63, 3.8) is 0 Å². The van der Waals surface area contributed by atoms with Gasteiger partial charge in [-0.3, -0.25) is 0 Å². The van der Waals surface area contributed by atoms with E-state index in [1.165, 1.54) is 11.8 Å². The molecule has 1 aromatic heterocycles. The van der Waals surface area contributed by atoms with E-state index >= 15 is 0 Å². The van der Waals surface area contributed by atoms with Crippen LogP contribution in [0.2, 0.25) is 0 Å². The van der Waals surface area contributed by atoms with E-state index in [2.05, 4.69) is 32.2 Å². The SMILES string of the molecule is CSc1nc(NN)cc(N2CCN(C)CC2)n1. The lowest BCUT2D eigenvalue weighted by atomic mass is 10.3. The molecule has 3 N–H and O–H groups in total. The molecule has 6 nitrogen and oxygen atoms in total. The molecule has 0 radical (unpaired) electrons. The maximum Gasteiger partial charge on any atom is 0.191 e. The molecule has 17 heavy (non-hydrogen) atoms. The topological polar surface area (TPSA) is 70.3 Å². The van der Waals surface area contributed by atoms with Gasteiger partial charge in [-0.1, -0.05) is 11.8 Å². The molecule has 0 spiro atoms. The van der Waals surface area contributed by atoms with Gasteiger partial charge >= 0.3 is 0 Å². The second-order valence-electron chi connectivity index (χ2n) is 4.03. The van der Waals surface area contributed by atoms with Crippen LogP contribution in [0.3, 0.4) is 0 Å². The van der Waals surface area contributed by atoms with Crippen molar-refractivity contribution in [1.82, 2.24) is 14.9 Å². The molecule has 1 aliphatic heterocycles. The molecular weight excluding hydrogens is 236 g/mol. The molecule has 0 aromatic carbocycles. The lowest BCUT2D eigenvalue weighted by Gasteiger charge is -2.33. The van der Waals surface area contributed by atoms with Crippen LogP contribution in [0.4, 0.5) is 11.6 Å². The average Bonchev–Trinajstić information content (AvgIpc) is 2.39. The summed E-state index contributed by atoms with van der Waals surface area (Å²) in [5.41, 5.74) is 2.59. The monoisotopic (exact) mass is 254 g/mol. The predicted molar refractivity (Wildman–Crippen MR) is 71.3 cm³/mol. The molecule has 0 atom stereocenters. The van der Waals surface area contributed by atoms with Gasteiger partial charge < -0.3 is 15.2 Å².